The standard InChI is InChI=1S/C18H24N2O7/c1-10-14(17(24)27-18(3,4)5)13(9-20(10)11(2)21)19-8-12(15(22)25-6)16(23)26-7/h8-9,19H,1-7H3. The van der Waals surface area contributed by atoms with E-state index in [-0.39, 0.29) is 17.2 Å². The van der Waals surface area contributed by atoms with Crippen LogP contribution in [0.15, 0.2) is 18.0 Å². The fourth-order valence-electron chi connectivity index (χ4n) is 2.20. The number of carbonyl (C=O) groups is 4. The zero-order valence-electron chi connectivity index (χ0n) is 16.5. The number of anilines is 1. The first-order valence-electron chi connectivity index (χ1n) is 8.02. The number of ether oxygens (including phenoxy) is 3. The first-order valence-corrected chi connectivity index (χ1v) is 8.02. The van der Waals surface area contributed by atoms with Crippen LogP contribution in [-0.4, -0.2) is 48.2 Å². The molecule has 0 radical (unpaired) electrons. The maximum absolute atomic E-state index is 12.6. The summed E-state index contributed by atoms with van der Waals surface area (Å²) in [7, 11) is 2.23. The molecule has 0 unspecified atom stereocenters. The molecule has 1 aromatic heterocycles. The molecule has 1 aromatic rings. The van der Waals surface area contributed by atoms with Crippen LogP contribution in [0, 0.1) is 6.92 Å². The van der Waals surface area contributed by atoms with E-state index in [0.717, 1.165) is 20.4 Å². The van der Waals surface area contributed by atoms with Gasteiger partial charge in [-0.1, -0.05) is 0 Å². The molecule has 27 heavy (non-hydrogen) atoms. The van der Waals surface area contributed by atoms with Gasteiger partial charge in [-0.2, -0.15) is 0 Å². The second kappa shape index (κ2) is 8.52. The maximum atomic E-state index is 12.6. The van der Waals surface area contributed by atoms with Gasteiger partial charge in [0, 0.05) is 25.0 Å². The van der Waals surface area contributed by atoms with E-state index in [1.807, 2.05) is 0 Å². The van der Waals surface area contributed by atoms with Gasteiger partial charge in [0.25, 0.3) is 0 Å². The Morgan fingerprint density at radius 3 is 2.00 bits per heavy atom. The van der Waals surface area contributed by atoms with Gasteiger partial charge < -0.3 is 19.5 Å². The van der Waals surface area contributed by atoms with E-state index in [9.17, 15) is 19.2 Å². The summed E-state index contributed by atoms with van der Waals surface area (Å²) in [4.78, 5) is 47.9. The van der Waals surface area contributed by atoms with Crippen molar-refractivity contribution in [1.82, 2.24) is 4.57 Å². The van der Waals surface area contributed by atoms with E-state index in [4.69, 9.17) is 4.74 Å². The van der Waals surface area contributed by atoms with Crippen LogP contribution in [0.25, 0.3) is 0 Å². The minimum Gasteiger partial charge on any atom is -0.465 e. The van der Waals surface area contributed by atoms with E-state index >= 15 is 0 Å². The summed E-state index contributed by atoms with van der Waals surface area (Å²) >= 11 is 0. The van der Waals surface area contributed by atoms with Crippen molar-refractivity contribution in [3.63, 3.8) is 0 Å². The second-order valence-corrected chi connectivity index (χ2v) is 6.58. The first-order chi connectivity index (χ1) is 12.4. The molecule has 0 saturated heterocycles. The molecule has 0 spiro atoms. The van der Waals surface area contributed by atoms with Crippen molar-refractivity contribution in [2.75, 3.05) is 19.5 Å². The van der Waals surface area contributed by atoms with Crippen molar-refractivity contribution in [2.45, 2.75) is 40.2 Å². The Morgan fingerprint density at radius 2 is 1.59 bits per heavy atom. The highest BCUT2D eigenvalue weighted by atomic mass is 16.6. The number of methoxy groups -OCH3 is 2. The van der Waals surface area contributed by atoms with E-state index < -0.39 is 29.1 Å². The molecular formula is C18H24N2O7. The molecule has 0 atom stereocenters. The fraction of sp³-hybridized carbons (Fsp3) is 0.444. The lowest BCUT2D eigenvalue weighted by molar-refractivity contribution is -0.144. The molecular weight excluding hydrogens is 356 g/mol. The number of rotatable bonds is 5. The summed E-state index contributed by atoms with van der Waals surface area (Å²) in [5, 5.41) is 2.69. The molecule has 0 aliphatic rings. The SMILES string of the molecule is COC(=O)C(=CNc1cn(C(C)=O)c(C)c1C(=O)OC(C)(C)C)C(=O)OC. The minimum absolute atomic E-state index is 0.102. The molecule has 0 fully saturated rings. The van der Waals surface area contributed by atoms with Crippen molar-refractivity contribution in [3.05, 3.63) is 29.2 Å². The Hall–Kier alpha value is -3.10. The zero-order valence-corrected chi connectivity index (χ0v) is 16.5. The van der Waals surface area contributed by atoms with Gasteiger partial charge in [-0.15, -0.1) is 0 Å². The number of carbonyl (C=O) groups excluding carboxylic acids is 4. The summed E-state index contributed by atoms with van der Waals surface area (Å²) < 4.78 is 15.7. The van der Waals surface area contributed by atoms with Gasteiger partial charge in [-0.05, 0) is 27.7 Å². The van der Waals surface area contributed by atoms with Gasteiger partial charge >= 0.3 is 17.9 Å². The van der Waals surface area contributed by atoms with Crippen LogP contribution in [0.5, 0.6) is 0 Å². The first kappa shape index (κ1) is 21.9. The molecule has 1 N–H and O–H groups in total. The van der Waals surface area contributed by atoms with E-state index in [0.29, 0.717) is 5.69 Å². The van der Waals surface area contributed by atoms with Crippen molar-refractivity contribution in [1.29, 1.82) is 0 Å². The summed E-state index contributed by atoms with van der Waals surface area (Å²) in [5.41, 5.74) is -0.528. The van der Waals surface area contributed by atoms with Gasteiger partial charge in [0.1, 0.15) is 11.2 Å². The van der Waals surface area contributed by atoms with Crippen LogP contribution in [0.1, 0.15) is 48.5 Å². The Bertz CT molecular complexity index is 779. The van der Waals surface area contributed by atoms with E-state index in [2.05, 4.69) is 14.8 Å². The molecule has 148 valence electrons. The van der Waals surface area contributed by atoms with Gasteiger partial charge in [0.2, 0.25) is 5.91 Å². The van der Waals surface area contributed by atoms with Crippen LogP contribution in [0.4, 0.5) is 5.69 Å². The highest BCUT2D eigenvalue weighted by Gasteiger charge is 2.27. The van der Waals surface area contributed by atoms with Crippen LogP contribution >= 0.6 is 0 Å². The zero-order chi connectivity index (χ0) is 20.9. The van der Waals surface area contributed by atoms with E-state index in [1.165, 1.54) is 17.7 Å². The molecule has 1 heterocycles. The number of aromatic nitrogens is 1. The van der Waals surface area contributed by atoms with Crippen molar-refractivity contribution < 1.29 is 33.4 Å². The number of esters is 3. The largest absolute Gasteiger partial charge is 0.465 e. The van der Waals surface area contributed by atoms with Gasteiger partial charge in [-0.3, -0.25) is 9.36 Å². The molecule has 0 aliphatic heterocycles. The highest BCUT2D eigenvalue weighted by Crippen LogP contribution is 2.26. The van der Waals surface area contributed by atoms with Gasteiger partial charge in [0.15, 0.2) is 5.57 Å². The lowest BCUT2D eigenvalue weighted by Crippen LogP contribution is -2.24. The molecule has 0 aliphatic carbocycles. The third-order valence-corrected chi connectivity index (χ3v) is 3.38. The van der Waals surface area contributed by atoms with Crippen LogP contribution < -0.4 is 5.32 Å². The van der Waals surface area contributed by atoms with Crippen LogP contribution in [0.2, 0.25) is 0 Å². The van der Waals surface area contributed by atoms with Crippen molar-refractivity contribution in [2.24, 2.45) is 0 Å². The third-order valence-electron chi connectivity index (χ3n) is 3.38. The smallest absolute Gasteiger partial charge is 0.346 e. The number of nitrogens with one attached hydrogen (secondary N) is 1. The Labute approximate surface area is 157 Å². The third kappa shape index (κ3) is 5.44. The summed E-state index contributed by atoms with van der Waals surface area (Å²) in [6.45, 7) is 8.04. The average molecular weight is 380 g/mol. The predicted octanol–water partition coefficient (Wildman–Crippen LogP) is 2.05. The Balaban J connectivity index is 3.41. The number of hydrogen-bond acceptors (Lipinski definition) is 8. The highest BCUT2D eigenvalue weighted by molar-refractivity contribution is 6.14. The average Bonchev–Trinajstić information content (AvgIpc) is 2.89. The summed E-state index contributed by atoms with van der Waals surface area (Å²) in [5.74, 6) is -2.82. The van der Waals surface area contributed by atoms with E-state index in [1.54, 1.807) is 27.7 Å². The number of nitrogens with zero attached hydrogens (tertiary/aromatic N) is 1. The number of hydrogen-bond donors (Lipinski definition) is 1. The quantitative estimate of drug-likeness (QED) is 0.271. The topological polar surface area (TPSA) is 113 Å². The van der Waals surface area contributed by atoms with Gasteiger partial charge in [-0.25, -0.2) is 14.4 Å². The lowest BCUT2D eigenvalue weighted by Gasteiger charge is -2.20. The van der Waals surface area contributed by atoms with Crippen molar-refractivity contribution >= 4 is 29.5 Å². The molecule has 0 amide bonds. The Morgan fingerprint density at radius 1 is 1.07 bits per heavy atom. The summed E-state index contributed by atoms with van der Waals surface area (Å²) in [6, 6.07) is 0. The monoisotopic (exact) mass is 380 g/mol. The lowest BCUT2D eigenvalue weighted by atomic mass is 10.1. The maximum Gasteiger partial charge on any atom is 0.346 e. The minimum atomic E-state index is -0.920. The van der Waals surface area contributed by atoms with Crippen LogP contribution in [0.3, 0.4) is 0 Å². The normalized spacial score (nSPS) is 10.6. The molecule has 1 rings (SSSR count). The van der Waals surface area contributed by atoms with Crippen molar-refractivity contribution in [3.8, 4) is 0 Å². The fourth-order valence-corrected chi connectivity index (χ4v) is 2.20. The summed E-state index contributed by atoms with van der Waals surface area (Å²) in [6.07, 6.45) is 2.42. The molecule has 0 saturated carbocycles. The molecule has 9 heteroatoms. The molecule has 0 bridgehead atoms. The predicted molar refractivity (Wildman–Crippen MR) is 96.4 cm³/mol. The van der Waals surface area contributed by atoms with Gasteiger partial charge in [0.05, 0.1) is 19.9 Å². The molecule has 9 nitrogen and oxygen atoms in total. The molecule has 0 aromatic carbocycles. The Kier molecular flexibility index (Phi) is 6.93. The van der Waals surface area contributed by atoms with Crippen LogP contribution in [-0.2, 0) is 23.8 Å². The second-order valence-electron chi connectivity index (χ2n) is 6.58.